The van der Waals surface area contributed by atoms with E-state index < -0.39 is 0 Å². The van der Waals surface area contributed by atoms with E-state index in [0.717, 1.165) is 36.9 Å². The van der Waals surface area contributed by atoms with Gasteiger partial charge in [0.1, 0.15) is 5.75 Å². The van der Waals surface area contributed by atoms with E-state index in [0.29, 0.717) is 23.3 Å². The van der Waals surface area contributed by atoms with Gasteiger partial charge < -0.3 is 20.5 Å². The van der Waals surface area contributed by atoms with Gasteiger partial charge in [0.15, 0.2) is 0 Å². The molecule has 0 heterocycles. The van der Waals surface area contributed by atoms with Gasteiger partial charge in [-0.15, -0.1) is 0 Å². The Morgan fingerprint density at radius 2 is 1.72 bits per heavy atom. The second-order valence-corrected chi connectivity index (χ2v) is 8.51. The van der Waals surface area contributed by atoms with E-state index in [4.69, 9.17) is 4.74 Å². The Labute approximate surface area is 189 Å². The maximum Gasteiger partial charge on any atom is 0.323 e. The maximum atomic E-state index is 12.3. The number of amides is 2. The van der Waals surface area contributed by atoms with Crippen LogP contribution in [0.5, 0.6) is 5.75 Å². The molecule has 2 amide bonds. The molecule has 32 heavy (non-hydrogen) atoms. The molecule has 0 radical (unpaired) electrons. The van der Waals surface area contributed by atoms with Crippen LogP contribution < -0.4 is 15.4 Å². The highest BCUT2D eigenvalue weighted by Crippen LogP contribution is 2.40. The monoisotopic (exact) mass is 430 g/mol. The van der Waals surface area contributed by atoms with Crippen LogP contribution in [-0.4, -0.2) is 18.2 Å². The average Bonchev–Trinajstić information content (AvgIpc) is 3.29. The molecule has 1 saturated carbocycles. The molecular formula is C27H30N2O3. The van der Waals surface area contributed by atoms with Crippen molar-refractivity contribution >= 4 is 17.4 Å². The number of ether oxygens (including phenoxy) is 1. The Morgan fingerprint density at radius 1 is 0.969 bits per heavy atom. The van der Waals surface area contributed by atoms with Crippen LogP contribution in [-0.2, 0) is 6.42 Å². The van der Waals surface area contributed by atoms with E-state index >= 15 is 0 Å². The van der Waals surface area contributed by atoms with Crippen LogP contribution >= 0.6 is 0 Å². The van der Waals surface area contributed by atoms with Gasteiger partial charge in [0.05, 0.1) is 13.2 Å². The summed E-state index contributed by atoms with van der Waals surface area (Å²) in [6.45, 7) is 0. The number of benzene rings is 3. The fourth-order valence-corrected chi connectivity index (χ4v) is 4.56. The molecule has 0 spiro atoms. The number of aliphatic hydroxyl groups excluding tert-OH is 1. The van der Waals surface area contributed by atoms with Crippen LogP contribution in [0.2, 0.25) is 0 Å². The Kier molecular flexibility index (Phi) is 7.07. The Hall–Kier alpha value is -3.31. The third-order valence-corrected chi connectivity index (χ3v) is 6.23. The second-order valence-electron chi connectivity index (χ2n) is 8.51. The molecule has 0 aromatic heterocycles. The normalized spacial score (nSPS) is 18.7. The summed E-state index contributed by atoms with van der Waals surface area (Å²) in [6.07, 6.45) is 3.85. The first kappa shape index (κ1) is 21.9. The number of hydrogen-bond donors (Lipinski definition) is 3. The van der Waals surface area contributed by atoms with Gasteiger partial charge in [-0.1, -0.05) is 48.5 Å². The number of nitrogens with one attached hydrogen (secondary N) is 2. The van der Waals surface area contributed by atoms with Crippen LogP contribution in [0.25, 0.3) is 0 Å². The lowest BCUT2D eigenvalue weighted by molar-refractivity contribution is 0.109. The molecular weight excluding hydrogens is 400 g/mol. The lowest BCUT2D eigenvalue weighted by Gasteiger charge is -2.19. The van der Waals surface area contributed by atoms with E-state index in [9.17, 15) is 9.90 Å². The molecule has 0 aliphatic heterocycles. The first-order chi connectivity index (χ1) is 15.6. The van der Waals surface area contributed by atoms with Crippen molar-refractivity contribution in [2.24, 2.45) is 11.8 Å². The molecule has 4 rings (SSSR count). The topological polar surface area (TPSA) is 70.6 Å². The number of urea groups is 1. The maximum absolute atomic E-state index is 12.3. The van der Waals surface area contributed by atoms with Gasteiger partial charge in [0, 0.05) is 17.4 Å². The van der Waals surface area contributed by atoms with Gasteiger partial charge in [-0.25, -0.2) is 4.79 Å². The highest BCUT2D eigenvalue weighted by molar-refractivity contribution is 5.99. The van der Waals surface area contributed by atoms with Crippen molar-refractivity contribution in [3.8, 4) is 5.75 Å². The summed E-state index contributed by atoms with van der Waals surface area (Å²) in [5.74, 6) is 1.59. The molecule has 5 nitrogen and oxygen atoms in total. The third-order valence-electron chi connectivity index (χ3n) is 6.23. The minimum atomic E-state index is -0.379. The van der Waals surface area contributed by atoms with E-state index in [1.807, 2.05) is 60.7 Å². The summed E-state index contributed by atoms with van der Waals surface area (Å²) < 4.78 is 5.18. The predicted octanol–water partition coefficient (Wildman–Crippen LogP) is 6.03. The molecule has 1 aliphatic carbocycles. The Balaban J connectivity index is 1.27. The molecule has 0 unspecified atom stereocenters. The van der Waals surface area contributed by atoms with Crippen LogP contribution in [0.1, 0.15) is 36.5 Å². The summed E-state index contributed by atoms with van der Waals surface area (Å²) in [4.78, 5) is 12.3. The minimum absolute atomic E-state index is 0.292. The molecule has 3 aromatic carbocycles. The van der Waals surface area contributed by atoms with Crippen molar-refractivity contribution in [2.45, 2.75) is 31.8 Å². The molecule has 0 bridgehead atoms. The fraction of sp³-hybridized carbons (Fsp3) is 0.296. The lowest BCUT2D eigenvalue weighted by atomic mass is 9.91. The molecule has 166 valence electrons. The smallest absolute Gasteiger partial charge is 0.323 e. The largest absolute Gasteiger partial charge is 0.497 e. The molecule has 3 N–H and O–H groups in total. The van der Waals surface area contributed by atoms with E-state index in [1.165, 1.54) is 5.56 Å². The van der Waals surface area contributed by atoms with E-state index in [1.54, 1.807) is 13.2 Å². The molecule has 1 aliphatic rings. The van der Waals surface area contributed by atoms with Crippen molar-refractivity contribution in [2.75, 3.05) is 17.7 Å². The standard InChI is InChI=1S/C27H30N2O3/c1-32-25-9-5-8-24(18-25)29-27(31)28-23-14-11-19(12-15-23)16-20-10-13-22(17-20)26(30)21-6-3-2-4-7-21/h2-9,11-12,14-15,18,20,22,26,30H,10,13,16-17H2,1H3,(H2,28,29,31)/t20-,22-,26+/m0/s1. The van der Waals surface area contributed by atoms with E-state index in [-0.39, 0.29) is 12.1 Å². The molecule has 0 saturated heterocycles. The number of carbonyl (C=O) groups excluding carboxylic acids is 1. The van der Waals surface area contributed by atoms with Crippen LogP contribution in [0.4, 0.5) is 16.2 Å². The van der Waals surface area contributed by atoms with Gasteiger partial charge in [-0.3, -0.25) is 0 Å². The van der Waals surface area contributed by atoms with Gasteiger partial charge in [-0.05, 0) is 72.9 Å². The minimum Gasteiger partial charge on any atom is -0.497 e. The lowest BCUT2D eigenvalue weighted by Crippen LogP contribution is -2.19. The van der Waals surface area contributed by atoms with Crippen molar-refractivity contribution in [3.63, 3.8) is 0 Å². The number of anilines is 2. The quantitative estimate of drug-likeness (QED) is 0.428. The van der Waals surface area contributed by atoms with Crippen LogP contribution in [0, 0.1) is 11.8 Å². The predicted molar refractivity (Wildman–Crippen MR) is 128 cm³/mol. The van der Waals surface area contributed by atoms with Gasteiger partial charge in [0.2, 0.25) is 0 Å². The molecule has 1 fully saturated rings. The summed E-state index contributed by atoms with van der Waals surface area (Å²) in [5.41, 5.74) is 3.69. The highest BCUT2D eigenvalue weighted by atomic mass is 16.5. The number of aliphatic hydroxyl groups is 1. The van der Waals surface area contributed by atoms with Crippen molar-refractivity contribution in [3.05, 3.63) is 90.0 Å². The zero-order valence-corrected chi connectivity index (χ0v) is 18.3. The number of hydrogen-bond acceptors (Lipinski definition) is 3. The van der Waals surface area contributed by atoms with Crippen molar-refractivity contribution in [1.29, 1.82) is 0 Å². The average molecular weight is 431 g/mol. The third kappa shape index (κ3) is 5.68. The zero-order chi connectivity index (χ0) is 22.3. The Bertz CT molecular complexity index is 1020. The van der Waals surface area contributed by atoms with Gasteiger partial charge >= 0.3 is 6.03 Å². The van der Waals surface area contributed by atoms with Crippen LogP contribution in [0.15, 0.2) is 78.9 Å². The summed E-state index contributed by atoms with van der Waals surface area (Å²) in [6, 6.07) is 24.9. The zero-order valence-electron chi connectivity index (χ0n) is 18.3. The molecule has 3 aromatic rings. The molecule has 3 atom stereocenters. The fourth-order valence-electron chi connectivity index (χ4n) is 4.56. The summed E-state index contributed by atoms with van der Waals surface area (Å²) in [5, 5.41) is 16.4. The van der Waals surface area contributed by atoms with Crippen LogP contribution in [0.3, 0.4) is 0 Å². The summed E-state index contributed by atoms with van der Waals surface area (Å²) in [7, 11) is 1.60. The number of methoxy groups -OCH3 is 1. The van der Waals surface area contributed by atoms with E-state index in [2.05, 4.69) is 22.8 Å². The van der Waals surface area contributed by atoms with Gasteiger partial charge in [0.25, 0.3) is 0 Å². The van der Waals surface area contributed by atoms with Crippen molar-refractivity contribution < 1.29 is 14.6 Å². The molecule has 5 heteroatoms. The first-order valence-electron chi connectivity index (χ1n) is 11.1. The van der Waals surface area contributed by atoms with Crippen molar-refractivity contribution in [1.82, 2.24) is 0 Å². The highest BCUT2D eigenvalue weighted by Gasteiger charge is 2.30. The Morgan fingerprint density at radius 3 is 2.47 bits per heavy atom. The first-order valence-corrected chi connectivity index (χ1v) is 11.1. The summed E-state index contributed by atoms with van der Waals surface area (Å²) >= 11 is 0. The SMILES string of the molecule is COc1cccc(NC(=O)Nc2ccc(C[C@@H]3CC[C@H]([C@H](O)c4ccccc4)C3)cc2)c1. The second kappa shape index (κ2) is 10.3. The number of carbonyl (C=O) groups is 1. The van der Waals surface area contributed by atoms with Gasteiger partial charge in [-0.2, -0.15) is 0 Å². The number of rotatable bonds is 7.